The van der Waals surface area contributed by atoms with Crippen LogP contribution in [0.15, 0.2) is 23.4 Å². The van der Waals surface area contributed by atoms with Crippen molar-refractivity contribution in [1.29, 1.82) is 0 Å². The average molecular weight is 290 g/mol. The Kier molecular flexibility index (Phi) is 5.25. The van der Waals surface area contributed by atoms with Gasteiger partial charge in [-0.1, -0.05) is 34.4 Å². The van der Waals surface area contributed by atoms with Crippen LogP contribution in [0, 0.1) is 0 Å². The molecule has 1 aromatic rings. The Balaban J connectivity index is 3.00. The molecule has 0 aliphatic heterocycles. The Morgan fingerprint density at radius 3 is 2.72 bits per heavy atom. The number of rotatable bonds is 4. The zero-order valence-corrected chi connectivity index (χ0v) is 11.2. The van der Waals surface area contributed by atoms with Gasteiger partial charge in [-0.2, -0.15) is 0 Å². The van der Waals surface area contributed by atoms with Crippen LogP contribution in [0.4, 0.5) is 0 Å². The molecular weight excluding hydrogens is 277 g/mol. The number of hydrogen-bond acceptors (Lipinski definition) is 3. The number of halogens is 2. The van der Waals surface area contributed by atoms with E-state index in [0.29, 0.717) is 11.6 Å². The van der Waals surface area contributed by atoms with Gasteiger partial charge in [0.1, 0.15) is 0 Å². The highest BCUT2D eigenvalue weighted by Gasteiger charge is 2.19. The van der Waals surface area contributed by atoms with E-state index in [9.17, 15) is 4.79 Å². The van der Waals surface area contributed by atoms with Crippen molar-refractivity contribution in [3.05, 3.63) is 33.8 Å². The van der Waals surface area contributed by atoms with E-state index in [-0.39, 0.29) is 28.9 Å². The van der Waals surface area contributed by atoms with E-state index in [4.69, 9.17) is 34.1 Å². The Bertz CT molecular complexity index is 477. The van der Waals surface area contributed by atoms with Gasteiger partial charge in [0, 0.05) is 6.54 Å². The lowest BCUT2D eigenvalue weighted by Crippen LogP contribution is -2.38. The van der Waals surface area contributed by atoms with E-state index in [2.05, 4.69) is 5.16 Å². The van der Waals surface area contributed by atoms with Crippen molar-refractivity contribution < 1.29 is 10.0 Å². The topological polar surface area (TPSA) is 78.9 Å². The van der Waals surface area contributed by atoms with Crippen LogP contribution in [0.2, 0.25) is 10.0 Å². The zero-order chi connectivity index (χ0) is 13.7. The lowest BCUT2D eigenvalue weighted by molar-refractivity contribution is 0.0786. The van der Waals surface area contributed by atoms with Gasteiger partial charge in [0.15, 0.2) is 5.84 Å². The molecule has 0 aliphatic rings. The second-order valence-electron chi connectivity index (χ2n) is 3.51. The molecule has 0 atom stereocenters. The molecule has 7 heteroatoms. The Morgan fingerprint density at radius 1 is 1.50 bits per heavy atom. The summed E-state index contributed by atoms with van der Waals surface area (Å²) in [6, 6.07) is 4.81. The van der Waals surface area contributed by atoms with Gasteiger partial charge in [-0.3, -0.25) is 4.79 Å². The van der Waals surface area contributed by atoms with Gasteiger partial charge in [-0.25, -0.2) is 0 Å². The fourth-order valence-corrected chi connectivity index (χ4v) is 1.78. The number of benzene rings is 1. The van der Waals surface area contributed by atoms with Crippen molar-refractivity contribution in [2.75, 3.05) is 13.1 Å². The summed E-state index contributed by atoms with van der Waals surface area (Å²) in [4.78, 5) is 13.6. The summed E-state index contributed by atoms with van der Waals surface area (Å²) in [5, 5.41) is 11.8. The molecule has 0 aromatic heterocycles. The molecule has 0 radical (unpaired) electrons. The van der Waals surface area contributed by atoms with E-state index in [1.165, 1.54) is 4.90 Å². The first-order valence-electron chi connectivity index (χ1n) is 5.21. The predicted octanol–water partition coefficient (Wildman–Crippen LogP) is 2.20. The summed E-state index contributed by atoms with van der Waals surface area (Å²) < 4.78 is 0. The molecular formula is C11H13Cl2N3O2. The molecule has 0 aliphatic carbocycles. The minimum atomic E-state index is -0.323. The number of nitrogens with zero attached hydrogens (tertiary/aromatic N) is 2. The van der Waals surface area contributed by atoms with Crippen LogP contribution in [0.5, 0.6) is 0 Å². The molecule has 5 nitrogen and oxygen atoms in total. The van der Waals surface area contributed by atoms with Gasteiger partial charge in [0.2, 0.25) is 0 Å². The van der Waals surface area contributed by atoms with Gasteiger partial charge in [-0.15, -0.1) is 0 Å². The largest absolute Gasteiger partial charge is 0.409 e. The first kappa shape index (κ1) is 14.6. The molecule has 1 rings (SSSR count). The average Bonchev–Trinajstić information content (AvgIpc) is 2.38. The molecule has 1 amide bonds. The number of carbonyl (C=O) groups excluding carboxylic acids is 1. The van der Waals surface area contributed by atoms with Crippen molar-refractivity contribution in [3.63, 3.8) is 0 Å². The van der Waals surface area contributed by atoms with Crippen LogP contribution in [0.1, 0.15) is 17.3 Å². The third-order valence-corrected chi connectivity index (χ3v) is 3.15. The molecule has 3 N–H and O–H groups in total. The van der Waals surface area contributed by atoms with E-state index in [0.717, 1.165) is 0 Å². The standard InChI is InChI=1S/C11H13Cl2N3O2/c1-2-16(6-9(14)15-18)11(17)7-4-3-5-8(12)10(7)13/h3-5,18H,2,6H2,1H3,(H2,14,15). The molecule has 0 saturated carbocycles. The van der Waals surface area contributed by atoms with Crippen molar-refractivity contribution in [2.45, 2.75) is 6.92 Å². The Labute approximate surface area is 115 Å². The van der Waals surface area contributed by atoms with Crippen LogP contribution < -0.4 is 5.73 Å². The van der Waals surface area contributed by atoms with Crippen molar-refractivity contribution >= 4 is 34.9 Å². The number of carbonyl (C=O) groups is 1. The molecule has 1 aromatic carbocycles. The van der Waals surface area contributed by atoms with Crippen molar-refractivity contribution in [3.8, 4) is 0 Å². The van der Waals surface area contributed by atoms with Crippen LogP contribution in [-0.2, 0) is 0 Å². The number of amidine groups is 1. The smallest absolute Gasteiger partial charge is 0.255 e. The summed E-state index contributed by atoms with van der Waals surface area (Å²) in [6.45, 7) is 2.20. The van der Waals surface area contributed by atoms with E-state index in [1.807, 2.05) is 0 Å². The summed E-state index contributed by atoms with van der Waals surface area (Å²) in [5.74, 6) is -0.375. The number of oxime groups is 1. The number of nitrogens with two attached hydrogens (primary N) is 1. The summed E-state index contributed by atoms with van der Waals surface area (Å²) in [5.41, 5.74) is 5.67. The third kappa shape index (κ3) is 3.27. The first-order chi connectivity index (χ1) is 8.51. The minimum absolute atomic E-state index is 0.0225. The molecule has 0 heterocycles. The summed E-state index contributed by atoms with van der Waals surface area (Å²) >= 11 is 11.8. The van der Waals surface area contributed by atoms with E-state index in [1.54, 1.807) is 25.1 Å². The van der Waals surface area contributed by atoms with Gasteiger partial charge in [0.25, 0.3) is 5.91 Å². The molecule has 0 unspecified atom stereocenters. The summed E-state index contributed by atoms with van der Waals surface area (Å²) in [7, 11) is 0. The van der Waals surface area contributed by atoms with Crippen molar-refractivity contribution in [1.82, 2.24) is 4.90 Å². The highest BCUT2D eigenvalue weighted by molar-refractivity contribution is 6.43. The third-order valence-electron chi connectivity index (χ3n) is 2.33. The lowest BCUT2D eigenvalue weighted by Gasteiger charge is -2.20. The Morgan fingerprint density at radius 2 is 2.17 bits per heavy atom. The van der Waals surface area contributed by atoms with Crippen LogP contribution in [0.3, 0.4) is 0 Å². The first-order valence-corrected chi connectivity index (χ1v) is 5.96. The van der Waals surface area contributed by atoms with Gasteiger partial charge in [-0.05, 0) is 19.1 Å². The number of hydrogen-bond donors (Lipinski definition) is 2. The van der Waals surface area contributed by atoms with Crippen LogP contribution in [0.25, 0.3) is 0 Å². The van der Waals surface area contributed by atoms with E-state index >= 15 is 0 Å². The minimum Gasteiger partial charge on any atom is -0.409 e. The zero-order valence-electron chi connectivity index (χ0n) is 9.73. The molecule has 0 fully saturated rings. The van der Waals surface area contributed by atoms with Gasteiger partial charge >= 0.3 is 0 Å². The van der Waals surface area contributed by atoms with Crippen LogP contribution in [-0.4, -0.2) is 34.9 Å². The van der Waals surface area contributed by atoms with Crippen LogP contribution >= 0.6 is 23.2 Å². The molecule has 18 heavy (non-hydrogen) atoms. The summed E-state index contributed by atoms with van der Waals surface area (Å²) in [6.07, 6.45) is 0. The molecule has 0 bridgehead atoms. The normalized spacial score (nSPS) is 11.4. The number of likely N-dealkylation sites (N-methyl/N-ethyl adjacent to an activating group) is 1. The predicted molar refractivity (Wildman–Crippen MR) is 71.4 cm³/mol. The molecule has 98 valence electrons. The quantitative estimate of drug-likeness (QED) is 0.386. The maximum absolute atomic E-state index is 12.2. The SMILES string of the molecule is CCN(CC(N)=NO)C(=O)c1cccc(Cl)c1Cl. The molecule has 0 saturated heterocycles. The lowest BCUT2D eigenvalue weighted by atomic mass is 10.2. The van der Waals surface area contributed by atoms with E-state index < -0.39 is 0 Å². The van der Waals surface area contributed by atoms with Gasteiger partial charge in [0.05, 0.1) is 22.2 Å². The second-order valence-corrected chi connectivity index (χ2v) is 4.30. The van der Waals surface area contributed by atoms with Crippen molar-refractivity contribution in [2.24, 2.45) is 10.9 Å². The highest BCUT2D eigenvalue weighted by atomic mass is 35.5. The highest BCUT2D eigenvalue weighted by Crippen LogP contribution is 2.26. The molecule has 0 spiro atoms. The van der Waals surface area contributed by atoms with Gasteiger partial charge < -0.3 is 15.8 Å². The number of amides is 1. The fraction of sp³-hybridized carbons (Fsp3) is 0.273. The Hall–Kier alpha value is -1.46. The maximum Gasteiger partial charge on any atom is 0.255 e. The second kappa shape index (κ2) is 6.47. The maximum atomic E-state index is 12.2. The monoisotopic (exact) mass is 289 g/mol. The fourth-order valence-electron chi connectivity index (χ4n) is 1.39.